The molecule has 0 aromatic carbocycles. The van der Waals surface area contributed by atoms with Crippen LogP contribution in [-0.4, -0.2) is 6.54 Å². The number of allylic oxidation sites excluding steroid dienone is 6. The average Bonchev–Trinajstić information content (AvgIpc) is 2.69. The Morgan fingerprint density at radius 1 is 1.29 bits per heavy atom. The molecule has 14 heavy (non-hydrogen) atoms. The first-order valence-corrected chi connectivity index (χ1v) is 5.50. The third-order valence-corrected chi connectivity index (χ3v) is 3.54. The summed E-state index contributed by atoms with van der Waals surface area (Å²) in [6.45, 7) is 5.36. The van der Waals surface area contributed by atoms with Crippen molar-refractivity contribution in [2.75, 3.05) is 6.54 Å². The molecule has 2 aliphatic rings. The molecule has 0 radical (unpaired) electrons. The van der Waals surface area contributed by atoms with Gasteiger partial charge in [0.25, 0.3) is 0 Å². The lowest BCUT2D eigenvalue weighted by Crippen LogP contribution is -2.02. The zero-order valence-corrected chi connectivity index (χ0v) is 9.14. The maximum atomic E-state index is 5.48. The highest BCUT2D eigenvalue weighted by Crippen LogP contribution is 2.56. The Morgan fingerprint density at radius 3 is 2.71 bits per heavy atom. The van der Waals surface area contributed by atoms with Gasteiger partial charge in [-0.1, -0.05) is 29.4 Å². The van der Waals surface area contributed by atoms with Crippen LogP contribution in [0.1, 0.15) is 33.1 Å². The average molecular weight is 189 g/mol. The van der Waals surface area contributed by atoms with Gasteiger partial charge in [0.05, 0.1) is 0 Å². The number of unbranched alkanes of at least 4 members (excludes halogenated alkanes) is 1. The molecule has 2 N–H and O–H groups in total. The summed E-state index contributed by atoms with van der Waals surface area (Å²) in [5, 5.41) is 0. The van der Waals surface area contributed by atoms with Crippen molar-refractivity contribution >= 4 is 0 Å². The third kappa shape index (κ3) is 1.46. The monoisotopic (exact) mass is 189 g/mol. The maximum Gasteiger partial charge on any atom is 0.0322 e. The normalized spacial score (nSPS) is 28.9. The minimum atomic E-state index is 0.326. The van der Waals surface area contributed by atoms with Crippen molar-refractivity contribution in [1.82, 2.24) is 0 Å². The van der Waals surface area contributed by atoms with Crippen LogP contribution < -0.4 is 5.73 Å². The molecule has 1 unspecified atom stereocenters. The van der Waals surface area contributed by atoms with Gasteiger partial charge < -0.3 is 5.73 Å². The molecular formula is C13H19N. The summed E-state index contributed by atoms with van der Waals surface area (Å²) in [5.74, 6) is 0. The fourth-order valence-electron chi connectivity index (χ4n) is 2.30. The lowest BCUT2D eigenvalue weighted by molar-refractivity contribution is 0.718. The van der Waals surface area contributed by atoms with E-state index in [1.54, 1.807) is 5.57 Å². The molecule has 0 saturated heterocycles. The Hall–Kier alpha value is -0.820. The summed E-state index contributed by atoms with van der Waals surface area (Å²) in [6, 6.07) is 0. The van der Waals surface area contributed by atoms with Crippen molar-refractivity contribution in [2.45, 2.75) is 33.1 Å². The molecular weight excluding hydrogens is 170 g/mol. The second kappa shape index (κ2) is 3.39. The first kappa shape index (κ1) is 9.72. The van der Waals surface area contributed by atoms with Crippen LogP contribution >= 0.6 is 0 Å². The molecule has 0 aromatic rings. The smallest absolute Gasteiger partial charge is 0.0322 e. The third-order valence-electron chi connectivity index (χ3n) is 3.54. The molecule has 0 bridgehead atoms. The molecule has 0 spiro atoms. The molecule has 2 rings (SSSR count). The summed E-state index contributed by atoms with van der Waals surface area (Å²) in [5.41, 5.74) is 10.4. The molecule has 1 heteroatoms. The van der Waals surface area contributed by atoms with Gasteiger partial charge in [0, 0.05) is 5.41 Å². The van der Waals surface area contributed by atoms with Crippen molar-refractivity contribution in [1.29, 1.82) is 0 Å². The van der Waals surface area contributed by atoms with E-state index in [1.807, 2.05) is 0 Å². The number of rotatable bonds is 4. The van der Waals surface area contributed by atoms with E-state index in [0.29, 0.717) is 5.41 Å². The number of fused-ring (bicyclic) bond motifs is 1. The van der Waals surface area contributed by atoms with E-state index in [-0.39, 0.29) is 0 Å². The molecule has 0 fully saturated rings. The van der Waals surface area contributed by atoms with Gasteiger partial charge in [-0.25, -0.2) is 0 Å². The van der Waals surface area contributed by atoms with Crippen molar-refractivity contribution in [2.24, 2.45) is 11.1 Å². The maximum absolute atomic E-state index is 5.48. The molecule has 0 aromatic heterocycles. The van der Waals surface area contributed by atoms with Crippen LogP contribution in [0.25, 0.3) is 0 Å². The number of hydrogen-bond donors (Lipinski definition) is 1. The van der Waals surface area contributed by atoms with Crippen LogP contribution in [0, 0.1) is 5.41 Å². The van der Waals surface area contributed by atoms with E-state index in [9.17, 15) is 0 Å². The highest BCUT2D eigenvalue weighted by molar-refractivity contribution is 5.62. The van der Waals surface area contributed by atoms with Crippen molar-refractivity contribution in [3.8, 4) is 0 Å². The van der Waals surface area contributed by atoms with Crippen LogP contribution in [0.5, 0.6) is 0 Å². The molecule has 0 amide bonds. The zero-order chi connectivity index (χ0) is 10.2. The van der Waals surface area contributed by atoms with Crippen LogP contribution in [-0.2, 0) is 0 Å². The van der Waals surface area contributed by atoms with Crippen LogP contribution in [0.4, 0.5) is 0 Å². The molecule has 0 saturated carbocycles. The first-order chi connectivity index (χ1) is 6.68. The molecule has 1 nitrogen and oxygen atoms in total. The Labute approximate surface area is 86.4 Å². The van der Waals surface area contributed by atoms with Gasteiger partial charge in [0.1, 0.15) is 0 Å². The lowest BCUT2D eigenvalue weighted by atomic mass is 9.91. The van der Waals surface area contributed by atoms with Crippen molar-refractivity contribution in [3.05, 3.63) is 34.9 Å². The van der Waals surface area contributed by atoms with E-state index < -0.39 is 0 Å². The lowest BCUT2D eigenvalue weighted by Gasteiger charge is -2.13. The van der Waals surface area contributed by atoms with Gasteiger partial charge in [-0.2, -0.15) is 0 Å². The molecule has 0 heterocycles. The van der Waals surface area contributed by atoms with E-state index in [0.717, 1.165) is 13.0 Å². The van der Waals surface area contributed by atoms with Gasteiger partial charge in [0.15, 0.2) is 0 Å². The second-order valence-electron chi connectivity index (χ2n) is 4.54. The summed E-state index contributed by atoms with van der Waals surface area (Å²) >= 11 is 0. The summed E-state index contributed by atoms with van der Waals surface area (Å²) in [7, 11) is 0. The Balaban J connectivity index is 1.94. The van der Waals surface area contributed by atoms with E-state index in [1.165, 1.54) is 24.0 Å². The highest BCUT2D eigenvalue weighted by atomic mass is 14.5. The Kier molecular flexibility index (Phi) is 2.36. The Morgan fingerprint density at radius 2 is 2.07 bits per heavy atom. The summed E-state index contributed by atoms with van der Waals surface area (Å²) < 4.78 is 0. The zero-order valence-electron chi connectivity index (χ0n) is 9.14. The first-order valence-electron chi connectivity index (χ1n) is 5.50. The molecule has 2 aliphatic carbocycles. The van der Waals surface area contributed by atoms with Crippen LogP contribution in [0.15, 0.2) is 34.9 Å². The van der Waals surface area contributed by atoms with Gasteiger partial charge >= 0.3 is 0 Å². The second-order valence-corrected chi connectivity index (χ2v) is 4.54. The van der Waals surface area contributed by atoms with E-state index in [2.05, 4.69) is 32.1 Å². The topological polar surface area (TPSA) is 26.0 Å². The van der Waals surface area contributed by atoms with Gasteiger partial charge in [-0.15, -0.1) is 0 Å². The molecule has 1 atom stereocenters. The van der Waals surface area contributed by atoms with E-state index >= 15 is 0 Å². The van der Waals surface area contributed by atoms with Crippen molar-refractivity contribution in [3.63, 3.8) is 0 Å². The SMILES string of the molecule is CC1=C2C=CC(CCCCN)=CC12C. The molecule has 76 valence electrons. The predicted octanol–water partition coefficient (Wildman–Crippen LogP) is 2.95. The van der Waals surface area contributed by atoms with Gasteiger partial charge in [-0.3, -0.25) is 0 Å². The minimum absolute atomic E-state index is 0.326. The van der Waals surface area contributed by atoms with E-state index in [4.69, 9.17) is 5.73 Å². The van der Waals surface area contributed by atoms with Crippen LogP contribution in [0.2, 0.25) is 0 Å². The summed E-state index contributed by atoms with van der Waals surface area (Å²) in [6.07, 6.45) is 10.5. The fraction of sp³-hybridized carbons (Fsp3) is 0.538. The summed E-state index contributed by atoms with van der Waals surface area (Å²) in [4.78, 5) is 0. The predicted molar refractivity (Wildman–Crippen MR) is 60.9 cm³/mol. The molecule has 0 aliphatic heterocycles. The van der Waals surface area contributed by atoms with Gasteiger partial charge in [0.2, 0.25) is 0 Å². The highest BCUT2D eigenvalue weighted by Gasteiger charge is 2.43. The van der Waals surface area contributed by atoms with Crippen molar-refractivity contribution < 1.29 is 0 Å². The van der Waals surface area contributed by atoms with Crippen LogP contribution in [0.3, 0.4) is 0 Å². The Bertz CT molecular complexity index is 333. The quantitative estimate of drug-likeness (QED) is 0.676. The number of hydrogen-bond acceptors (Lipinski definition) is 1. The fourth-order valence-corrected chi connectivity index (χ4v) is 2.30. The minimum Gasteiger partial charge on any atom is -0.330 e. The van der Waals surface area contributed by atoms with Gasteiger partial charge in [-0.05, 0) is 45.2 Å². The standard InChI is InChI=1S/C13H19N/c1-10-12-7-6-11(5-3-4-8-14)9-13(10,12)2/h6-7,9H,3-5,8,14H2,1-2H3. The largest absolute Gasteiger partial charge is 0.330 e. The number of nitrogens with two attached hydrogens (primary N) is 1.